The molecule has 36 heavy (non-hydrogen) atoms. The Bertz CT molecular complexity index is 446. The summed E-state index contributed by atoms with van der Waals surface area (Å²) < 4.78 is 5.87. The summed E-state index contributed by atoms with van der Waals surface area (Å²) in [5.41, 5.74) is -0.273. The van der Waals surface area contributed by atoms with E-state index in [0.717, 1.165) is 19.3 Å². The maximum Gasteiger partial charge on any atom is 0.311 e. The topological polar surface area (TPSA) is 26.3 Å². The van der Waals surface area contributed by atoms with Crippen molar-refractivity contribution in [2.75, 3.05) is 6.61 Å². The van der Waals surface area contributed by atoms with E-state index in [4.69, 9.17) is 4.74 Å². The molecule has 2 nitrogen and oxygen atoms in total. The molecule has 0 heterocycles. The lowest BCUT2D eigenvalue weighted by Gasteiger charge is -2.27. The van der Waals surface area contributed by atoms with Crippen LogP contribution in [-0.4, -0.2) is 12.6 Å². The molecule has 0 saturated heterocycles. The van der Waals surface area contributed by atoms with Crippen LogP contribution in [0.25, 0.3) is 0 Å². The van der Waals surface area contributed by atoms with Crippen LogP contribution in [0.4, 0.5) is 0 Å². The SMILES string of the molecule is CCCCCCCCCCCCCCOC(=O)C(C)(CCCCCCCC)CCCCCCCCC. The highest BCUT2D eigenvalue weighted by Crippen LogP contribution is 2.33. The molecular weight excluding hydrogens is 440 g/mol. The summed E-state index contributed by atoms with van der Waals surface area (Å²) in [6, 6.07) is 0. The van der Waals surface area contributed by atoms with Crippen LogP contribution < -0.4 is 0 Å². The molecule has 0 saturated carbocycles. The predicted molar refractivity (Wildman–Crippen MR) is 161 cm³/mol. The number of unbranched alkanes of at least 4 members (excludes halogenated alkanes) is 22. The molecule has 1 unspecified atom stereocenters. The first-order valence-electron chi connectivity index (χ1n) is 16.8. The van der Waals surface area contributed by atoms with Crippen LogP contribution >= 0.6 is 0 Å². The molecule has 0 aromatic carbocycles. The third-order valence-electron chi connectivity index (χ3n) is 8.14. The third kappa shape index (κ3) is 22.7. The van der Waals surface area contributed by atoms with E-state index in [-0.39, 0.29) is 11.4 Å². The molecule has 0 aromatic heterocycles. The summed E-state index contributed by atoms with van der Waals surface area (Å²) in [4.78, 5) is 13.1. The Balaban J connectivity index is 4.08. The summed E-state index contributed by atoms with van der Waals surface area (Å²) in [6.45, 7) is 9.65. The average molecular weight is 509 g/mol. The molecule has 0 spiro atoms. The van der Waals surface area contributed by atoms with E-state index in [2.05, 4.69) is 27.7 Å². The second-order valence-corrected chi connectivity index (χ2v) is 12.0. The minimum Gasteiger partial charge on any atom is -0.465 e. The van der Waals surface area contributed by atoms with E-state index in [1.807, 2.05) is 0 Å². The van der Waals surface area contributed by atoms with Crippen molar-refractivity contribution in [2.45, 2.75) is 201 Å². The van der Waals surface area contributed by atoms with Crippen molar-refractivity contribution in [2.24, 2.45) is 5.41 Å². The molecule has 1 atom stereocenters. The average Bonchev–Trinajstić information content (AvgIpc) is 2.88. The van der Waals surface area contributed by atoms with Crippen molar-refractivity contribution in [3.63, 3.8) is 0 Å². The molecule has 216 valence electrons. The molecule has 0 fully saturated rings. The number of hydrogen-bond acceptors (Lipinski definition) is 2. The zero-order valence-electron chi connectivity index (χ0n) is 25.6. The Morgan fingerprint density at radius 3 is 1.06 bits per heavy atom. The van der Waals surface area contributed by atoms with Gasteiger partial charge in [-0.05, 0) is 26.2 Å². The number of carbonyl (C=O) groups excluding carboxylic acids is 1. The van der Waals surface area contributed by atoms with Crippen LogP contribution in [-0.2, 0) is 9.53 Å². The smallest absolute Gasteiger partial charge is 0.311 e. The van der Waals surface area contributed by atoms with Gasteiger partial charge in [0, 0.05) is 0 Å². The Hall–Kier alpha value is -0.530. The minimum atomic E-state index is -0.273. The van der Waals surface area contributed by atoms with Crippen LogP contribution in [0, 0.1) is 5.41 Å². The van der Waals surface area contributed by atoms with Crippen molar-refractivity contribution in [3.8, 4) is 0 Å². The fourth-order valence-electron chi connectivity index (χ4n) is 5.38. The molecule has 0 aliphatic heterocycles. The van der Waals surface area contributed by atoms with Gasteiger partial charge in [0.1, 0.15) is 0 Å². The van der Waals surface area contributed by atoms with Gasteiger partial charge in [0.2, 0.25) is 0 Å². The maximum atomic E-state index is 13.1. The van der Waals surface area contributed by atoms with E-state index < -0.39 is 0 Å². The summed E-state index contributed by atoms with van der Waals surface area (Å²) in [7, 11) is 0. The normalized spacial score (nSPS) is 13.1. The highest BCUT2D eigenvalue weighted by atomic mass is 16.5. The maximum absolute atomic E-state index is 13.1. The highest BCUT2D eigenvalue weighted by Gasteiger charge is 2.33. The van der Waals surface area contributed by atoms with Crippen molar-refractivity contribution in [1.29, 1.82) is 0 Å². The lowest BCUT2D eigenvalue weighted by molar-refractivity contribution is -0.156. The minimum absolute atomic E-state index is 0.0881. The van der Waals surface area contributed by atoms with Crippen LogP contribution in [0.1, 0.15) is 201 Å². The summed E-state index contributed by atoms with van der Waals surface area (Å²) >= 11 is 0. The van der Waals surface area contributed by atoms with Gasteiger partial charge in [-0.2, -0.15) is 0 Å². The second kappa shape index (κ2) is 27.5. The highest BCUT2D eigenvalue weighted by molar-refractivity contribution is 5.76. The van der Waals surface area contributed by atoms with Crippen molar-refractivity contribution < 1.29 is 9.53 Å². The van der Waals surface area contributed by atoms with Gasteiger partial charge < -0.3 is 4.74 Å². The standard InChI is InChI=1S/C34H68O2/c1-5-8-11-14-17-18-19-20-21-23-26-29-32-36-33(35)34(4,30-27-24-16-13-10-7-3)31-28-25-22-15-12-9-6-2/h5-32H2,1-4H3. The monoisotopic (exact) mass is 509 g/mol. The largest absolute Gasteiger partial charge is 0.465 e. The zero-order valence-corrected chi connectivity index (χ0v) is 25.6. The van der Waals surface area contributed by atoms with E-state index in [9.17, 15) is 4.79 Å². The number of esters is 1. The second-order valence-electron chi connectivity index (χ2n) is 12.0. The molecule has 0 aliphatic rings. The molecule has 0 aromatic rings. The first kappa shape index (κ1) is 35.5. The van der Waals surface area contributed by atoms with Gasteiger partial charge in [0.05, 0.1) is 12.0 Å². The Morgan fingerprint density at radius 1 is 0.444 bits per heavy atom. The van der Waals surface area contributed by atoms with Gasteiger partial charge in [-0.1, -0.05) is 175 Å². The van der Waals surface area contributed by atoms with Gasteiger partial charge in [-0.15, -0.1) is 0 Å². The fraction of sp³-hybridized carbons (Fsp3) is 0.971. The Kier molecular flexibility index (Phi) is 27.1. The van der Waals surface area contributed by atoms with Gasteiger partial charge in [0.25, 0.3) is 0 Å². The molecule has 0 N–H and O–H groups in total. The predicted octanol–water partition coefficient (Wildman–Crippen LogP) is 12.1. The van der Waals surface area contributed by atoms with Crippen LogP contribution in [0.3, 0.4) is 0 Å². The van der Waals surface area contributed by atoms with Gasteiger partial charge in [-0.3, -0.25) is 4.79 Å². The first-order valence-corrected chi connectivity index (χ1v) is 16.8. The molecule has 2 heteroatoms. The number of carbonyl (C=O) groups is 1. The van der Waals surface area contributed by atoms with Crippen molar-refractivity contribution >= 4 is 5.97 Å². The summed E-state index contributed by atoms with van der Waals surface area (Å²) in [6.07, 6.45) is 35.0. The van der Waals surface area contributed by atoms with Gasteiger partial charge >= 0.3 is 5.97 Å². The Morgan fingerprint density at radius 2 is 0.722 bits per heavy atom. The number of hydrogen-bond donors (Lipinski definition) is 0. The fourth-order valence-corrected chi connectivity index (χ4v) is 5.38. The van der Waals surface area contributed by atoms with Crippen molar-refractivity contribution in [1.82, 2.24) is 0 Å². The van der Waals surface area contributed by atoms with E-state index >= 15 is 0 Å². The first-order chi connectivity index (χ1) is 17.6. The van der Waals surface area contributed by atoms with Crippen LogP contribution in [0.2, 0.25) is 0 Å². The van der Waals surface area contributed by atoms with E-state index in [1.54, 1.807) is 0 Å². The molecular formula is C34H68O2. The summed E-state index contributed by atoms with van der Waals surface area (Å²) in [5, 5.41) is 0. The molecule has 0 rings (SSSR count). The van der Waals surface area contributed by atoms with E-state index in [0.29, 0.717) is 6.61 Å². The zero-order chi connectivity index (χ0) is 26.6. The lowest BCUT2D eigenvalue weighted by Crippen LogP contribution is -2.30. The summed E-state index contributed by atoms with van der Waals surface area (Å²) in [5.74, 6) is 0.0881. The van der Waals surface area contributed by atoms with Crippen LogP contribution in [0.15, 0.2) is 0 Å². The van der Waals surface area contributed by atoms with Crippen LogP contribution in [0.5, 0.6) is 0 Å². The molecule has 0 radical (unpaired) electrons. The quantitative estimate of drug-likeness (QED) is 0.0741. The number of rotatable bonds is 29. The van der Waals surface area contributed by atoms with Gasteiger partial charge in [-0.25, -0.2) is 0 Å². The molecule has 0 aliphatic carbocycles. The van der Waals surface area contributed by atoms with Crippen molar-refractivity contribution in [3.05, 3.63) is 0 Å². The number of ether oxygens (including phenoxy) is 1. The molecule has 0 bridgehead atoms. The Labute approximate surface area is 228 Å². The third-order valence-corrected chi connectivity index (χ3v) is 8.14. The lowest BCUT2D eigenvalue weighted by atomic mass is 9.79. The van der Waals surface area contributed by atoms with E-state index in [1.165, 1.54) is 154 Å². The van der Waals surface area contributed by atoms with Gasteiger partial charge in [0.15, 0.2) is 0 Å². The molecule has 0 amide bonds.